The van der Waals surface area contributed by atoms with Crippen LogP contribution in [-0.2, 0) is 0 Å². The summed E-state index contributed by atoms with van der Waals surface area (Å²) in [5.41, 5.74) is 0.917. The van der Waals surface area contributed by atoms with Gasteiger partial charge in [-0.3, -0.25) is 0 Å². The lowest BCUT2D eigenvalue weighted by Crippen LogP contribution is -2.24. The van der Waals surface area contributed by atoms with Gasteiger partial charge in [0.2, 0.25) is 0 Å². The minimum absolute atomic E-state index is 0.203. The summed E-state index contributed by atoms with van der Waals surface area (Å²) in [7, 11) is 0. The van der Waals surface area contributed by atoms with Crippen molar-refractivity contribution in [1.29, 1.82) is 0 Å². The van der Waals surface area contributed by atoms with Crippen molar-refractivity contribution in [3.63, 3.8) is 0 Å². The molecule has 1 unspecified atom stereocenters. The molecule has 0 fully saturated rings. The molecule has 1 aromatic heterocycles. The molecular formula is C16H19BrFNS. The van der Waals surface area contributed by atoms with Crippen molar-refractivity contribution in [2.75, 3.05) is 6.54 Å². The number of hydrogen-bond acceptors (Lipinski definition) is 2. The molecule has 4 heteroatoms. The van der Waals surface area contributed by atoms with Crippen LogP contribution >= 0.6 is 27.3 Å². The van der Waals surface area contributed by atoms with Crippen LogP contribution in [0.1, 0.15) is 31.7 Å². The van der Waals surface area contributed by atoms with Crippen LogP contribution in [0.15, 0.2) is 34.8 Å². The third-order valence-corrected chi connectivity index (χ3v) is 5.11. The van der Waals surface area contributed by atoms with E-state index < -0.39 is 0 Å². The second-order valence-electron chi connectivity index (χ2n) is 5.11. The molecule has 0 bridgehead atoms. The first-order chi connectivity index (χ1) is 9.52. The molecule has 1 nitrogen and oxygen atoms in total. The van der Waals surface area contributed by atoms with Gasteiger partial charge in [-0.1, -0.05) is 36.7 Å². The third kappa shape index (κ3) is 3.48. The fraction of sp³-hybridized carbons (Fsp3) is 0.375. The van der Waals surface area contributed by atoms with E-state index in [1.54, 1.807) is 23.5 Å². The molecule has 1 N–H and O–H groups in total. The second kappa shape index (κ2) is 6.83. The van der Waals surface area contributed by atoms with Gasteiger partial charge in [-0.25, -0.2) is 4.39 Å². The molecule has 0 amide bonds. The maximum atomic E-state index is 13.4. The van der Waals surface area contributed by atoms with E-state index in [-0.39, 0.29) is 5.82 Å². The lowest BCUT2D eigenvalue weighted by Gasteiger charge is -2.20. The van der Waals surface area contributed by atoms with E-state index in [1.165, 1.54) is 10.9 Å². The molecule has 2 rings (SSSR count). The highest BCUT2D eigenvalue weighted by atomic mass is 79.9. The van der Waals surface area contributed by atoms with Gasteiger partial charge in [0.15, 0.2) is 0 Å². The van der Waals surface area contributed by atoms with Crippen LogP contribution in [0.4, 0.5) is 4.39 Å². The first kappa shape index (κ1) is 15.7. The van der Waals surface area contributed by atoms with Gasteiger partial charge in [0.05, 0.1) is 0 Å². The van der Waals surface area contributed by atoms with Crippen LogP contribution in [0, 0.1) is 11.7 Å². The van der Waals surface area contributed by atoms with Gasteiger partial charge >= 0.3 is 0 Å². The average molecular weight is 356 g/mol. The molecule has 0 spiro atoms. The maximum absolute atomic E-state index is 13.4. The fourth-order valence-corrected chi connectivity index (χ4v) is 4.11. The van der Waals surface area contributed by atoms with E-state index in [4.69, 9.17) is 0 Å². The van der Waals surface area contributed by atoms with E-state index in [0.717, 1.165) is 21.5 Å². The molecule has 1 aromatic carbocycles. The van der Waals surface area contributed by atoms with Crippen molar-refractivity contribution < 1.29 is 4.39 Å². The molecule has 1 atom stereocenters. The highest BCUT2D eigenvalue weighted by Gasteiger charge is 2.17. The molecule has 0 saturated carbocycles. The summed E-state index contributed by atoms with van der Waals surface area (Å²) in [5, 5.41) is 3.51. The molecule has 0 aliphatic rings. The minimum Gasteiger partial charge on any atom is -0.309 e. The van der Waals surface area contributed by atoms with Crippen molar-refractivity contribution in [3.05, 3.63) is 45.5 Å². The number of thiophene rings is 1. The zero-order valence-corrected chi connectivity index (χ0v) is 14.3. The number of benzene rings is 1. The Morgan fingerprint density at radius 2 is 2.00 bits per heavy atom. The van der Waals surface area contributed by atoms with Crippen molar-refractivity contribution in [2.45, 2.75) is 26.8 Å². The van der Waals surface area contributed by atoms with Gasteiger partial charge in [-0.2, -0.15) is 0 Å². The van der Waals surface area contributed by atoms with Gasteiger partial charge in [-0.15, -0.1) is 11.3 Å². The Labute approximate surface area is 132 Å². The van der Waals surface area contributed by atoms with E-state index >= 15 is 0 Å². The van der Waals surface area contributed by atoms with Gasteiger partial charge in [0, 0.05) is 25.8 Å². The third-order valence-electron chi connectivity index (χ3n) is 3.22. The average Bonchev–Trinajstić information content (AvgIpc) is 2.87. The minimum atomic E-state index is -0.203. The first-order valence-electron chi connectivity index (χ1n) is 6.81. The largest absolute Gasteiger partial charge is 0.309 e. The van der Waals surface area contributed by atoms with Crippen molar-refractivity contribution >= 4 is 27.3 Å². The number of nitrogens with one attached hydrogen (secondary N) is 1. The second-order valence-corrected chi connectivity index (χ2v) is 7.08. The maximum Gasteiger partial charge on any atom is 0.123 e. The normalized spacial score (nSPS) is 12.9. The van der Waals surface area contributed by atoms with Crippen LogP contribution in [0.25, 0.3) is 10.4 Å². The van der Waals surface area contributed by atoms with Crippen LogP contribution < -0.4 is 5.32 Å². The Kier molecular flexibility index (Phi) is 5.35. The van der Waals surface area contributed by atoms with E-state index in [9.17, 15) is 4.39 Å². The molecule has 2 aromatic rings. The summed E-state index contributed by atoms with van der Waals surface area (Å²) in [6.07, 6.45) is 0. The topological polar surface area (TPSA) is 12.0 Å². The summed E-state index contributed by atoms with van der Waals surface area (Å²) in [6.45, 7) is 7.49. The monoisotopic (exact) mass is 355 g/mol. The molecule has 0 aliphatic carbocycles. The van der Waals surface area contributed by atoms with Gasteiger partial charge in [0.25, 0.3) is 0 Å². The Morgan fingerprint density at radius 1 is 1.25 bits per heavy atom. The molecular weight excluding hydrogens is 337 g/mol. The SMILES string of the molecule is CCNC(c1ccc(-c2cc(F)ccc2Br)s1)C(C)C. The molecule has 0 aliphatic heterocycles. The van der Waals surface area contributed by atoms with E-state index in [1.807, 2.05) is 0 Å². The molecule has 108 valence electrons. The summed E-state index contributed by atoms with van der Waals surface area (Å²) in [5.74, 6) is 0.322. The van der Waals surface area contributed by atoms with Crippen LogP contribution in [-0.4, -0.2) is 6.54 Å². The quantitative estimate of drug-likeness (QED) is 0.733. The van der Waals surface area contributed by atoms with Crippen molar-refractivity contribution in [2.24, 2.45) is 5.92 Å². The lowest BCUT2D eigenvalue weighted by molar-refractivity contribution is 0.428. The van der Waals surface area contributed by atoms with Gasteiger partial charge in [-0.05, 0) is 42.8 Å². The van der Waals surface area contributed by atoms with Crippen molar-refractivity contribution in [3.8, 4) is 10.4 Å². The number of rotatable bonds is 5. The molecule has 0 saturated heterocycles. The lowest BCUT2D eigenvalue weighted by atomic mass is 10.0. The molecule has 1 heterocycles. The Morgan fingerprint density at radius 3 is 2.65 bits per heavy atom. The Hall–Kier alpha value is -0.710. The number of hydrogen-bond donors (Lipinski definition) is 1. The van der Waals surface area contributed by atoms with Gasteiger partial charge in [0.1, 0.15) is 5.82 Å². The van der Waals surface area contributed by atoms with Gasteiger partial charge < -0.3 is 5.32 Å². The smallest absolute Gasteiger partial charge is 0.123 e. The van der Waals surface area contributed by atoms with Crippen LogP contribution in [0.2, 0.25) is 0 Å². The number of halogens is 2. The first-order valence-corrected chi connectivity index (χ1v) is 8.42. The highest BCUT2D eigenvalue weighted by Crippen LogP contribution is 2.37. The summed E-state index contributed by atoms with van der Waals surface area (Å²) in [4.78, 5) is 2.39. The Balaban J connectivity index is 2.34. The predicted octanol–water partition coefficient (Wildman–Crippen LogP) is 5.62. The van der Waals surface area contributed by atoms with Crippen LogP contribution in [0.5, 0.6) is 0 Å². The fourth-order valence-electron chi connectivity index (χ4n) is 2.24. The highest BCUT2D eigenvalue weighted by molar-refractivity contribution is 9.10. The summed E-state index contributed by atoms with van der Waals surface area (Å²) in [6, 6.07) is 9.38. The zero-order chi connectivity index (χ0) is 14.7. The standard InChI is InChI=1S/C16H19BrFNS/c1-4-19-16(10(2)3)15-8-7-14(20-15)12-9-11(18)5-6-13(12)17/h5-10,16,19H,4H2,1-3H3. The summed E-state index contributed by atoms with van der Waals surface area (Å²) >= 11 is 5.22. The predicted molar refractivity (Wildman–Crippen MR) is 88.7 cm³/mol. The van der Waals surface area contributed by atoms with Crippen molar-refractivity contribution in [1.82, 2.24) is 5.32 Å². The molecule has 20 heavy (non-hydrogen) atoms. The Bertz CT molecular complexity index is 580. The van der Waals surface area contributed by atoms with E-state index in [0.29, 0.717) is 12.0 Å². The zero-order valence-electron chi connectivity index (χ0n) is 11.9. The van der Waals surface area contributed by atoms with Crippen LogP contribution in [0.3, 0.4) is 0 Å². The summed E-state index contributed by atoms with van der Waals surface area (Å²) < 4.78 is 14.3. The van der Waals surface area contributed by atoms with E-state index in [2.05, 4.69) is 54.2 Å². The molecule has 0 radical (unpaired) electrons.